The molecule has 1 fully saturated rings. The zero-order valence-corrected chi connectivity index (χ0v) is 10.8. The lowest BCUT2D eigenvalue weighted by Gasteiger charge is -2.33. The number of nitrogens with one attached hydrogen (secondary N) is 1. The average molecular weight is 223 g/mol. The first-order chi connectivity index (χ1) is 7.45. The SMILES string of the molecule is C=C(N/C(=C\N)C(C)(C)C)N1CCCCC1. The summed E-state index contributed by atoms with van der Waals surface area (Å²) in [6.07, 6.45) is 5.51. The third kappa shape index (κ3) is 3.47. The number of nitrogens with two attached hydrogens (primary N) is 1. The minimum Gasteiger partial charge on any atom is -0.403 e. The van der Waals surface area contributed by atoms with Gasteiger partial charge in [-0.2, -0.15) is 0 Å². The molecule has 3 nitrogen and oxygen atoms in total. The minimum absolute atomic E-state index is 0.0352. The van der Waals surface area contributed by atoms with Crippen molar-refractivity contribution in [1.29, 1.82) is 0 Å². The zero-order chi connectivity index (χ0) is 12.2. The van der Waals surface area contributed by atoms with Gasteiger partial charge in [-0.1, -0.05) is 27.4 Å². The van der Waals surface area contributed by atoms with Crippen LogP contribution in [-0.4, -0.2) is 18.0 Å². The second kappa shape index (κ2) is 5.28. The van der Waals surface area contributed by atoms with E-state index in [0.717, 1.165) is 24.6 Å². The van der Waals surface area contributed by atoms with Crippen molar-refractivity contribution < 1.29 is 0 Å². The van der Waals surface area contributed by atoms with E-state index in [0.29, 0.717) is 0 Å². The van der Waals surface area contributed by atoms with Gasteiger partial charge < -0.3 is 16.0 Å². The molecule has 0 bridgehead atoms. The lowest BCUT2D eigenvalue weighted by atomic mass is 9.92. The summed E-state index contributed by atoms with van der Waals surface area (Å²) in [7, 11) is 0. The second-order valence-corrected chi connectivity index (χ2v) is 5.45. The molecule has 1 aliphatic heterocycles. The molecule has 0 aliphatic carbocycles. The van der Waals surface area contributed by atoms with Crippen LogP contribution in [0.2, 0.25) is 0 Å². The predicted octanol–water partition coefficient (Wildman–Crippen LogP) is 2.38. The van der Waals surface area contributed by atoms with Crippen LogP contribution in [-0.2, 0) is 0 Å². The average Bonchev–Trinajstić information content (AvgIpc) is 2.25. The number of hydrogen-bond acceptors (Lipinski definition) is 3. The smallest absolute Gasteiger partial charge is 0.0981 e. The Morgan fingerprint density at radius 3 is 2.25 bits per heavy atom. The monoisotopic (exact) mass is 223 g/mol. The maximum atomic E-state index is 5.65. The molecule has 0 atom stereocenters. The van der Waals surface area contributed by atoms with Crippen molar-refractivity contribution in [3.63, 3.8) is 0 Å². The Bertz CT molecular complexity index is 267. The molecule has 0 aromatic heterocycles. The van der Waals surface area contributed by atoms with Crippen LogP contribution in [0.25, 0.3) is 0 Å². The summed E-state index contributed by atoms with van der Waals surface area (Å²) in [5, 5.41) is 3.34. The first kappa shape index (κ1) is 12.9. The zero-order valence-electron chi connectivity index (χ0n) is 10.8. The van der Waals surface area contributed by atoms with Crippen LogP contribution in [0.1, 0.15) is 40.0 Å². The molecule has 92 valence electrons. The van der Waals surface area contributed by atoms with Gasteiger partial charge in [0.05, 0.1) is 5.82 Å². The molecule has 1 aliphatic rings. The van der Waals surface area contributed by atoms with Crippen LogP contribution in [0.15, 0.2) is 24.3 Å². The number of rotatable bonds is 3. The molecule has 3 heteroatoms. The standard InChI is InChI=1S/C13H25N3/c1-11(16-8-6-5-7-9-16)15-12(10-14)13(2,3)4/h10,15H,1,5-9,14H2,2-4H3/b12-10-. The molecular formula is C13H25N3. The van der Waals surface area contributed by atoms with E-state index in [1.807, 2.05) is 0 Å². The van der Waals surface area contributed by atoms with Gasteiger partial charge in [-0.25, -0.2) is 0 Å². The third-order valence-corrected chi connectivity index (χ3v) is 2.99. The van der Waals surface area contributed by atoms with Gasteiger partial charge in [0.15, 0.2) is 0 Å². The maximum absolute atomic E-state index is 5.65. The summed E-state index contributed by atoms with van der Waals surface area (Å²) in [6, 6.07) is 0. The quantitative estimate of drug-likeness (QED) is 0.772. The summed E-state index contributed by atoms with van der Waals surface area (Å²) in [4.78, 5) is 2.30. The molecule has 0 spiro atoms. The highest BCUT2D eigenvalue weighted by Crippen LogP contribution is 2.23. The van der Waals surface area contributed by atoms with E-state index in [9.17, 15) is 0 Å². The van der Waals surface area contributed by atoms with Gasteiger partial charge in [-0.05, 0) is 19.3 Å². The number of allylic oxidation sites excluding steroid dienone is 1. The van der Waals surface area contributed by atoms with Crippen molar-refractivity contribution in [3.8, 4) is 0 Å². The van der Waals surface area contributed by atoms with E-state index in [4.69, 9.17) is 5.73 Å². The predicted molar refractivity (Wildman–Crippen MR) is 69.4 cm³/mol. The summed E-state index contributed by atoms with van der Waals surface area (Å²) >= 11 is 0. The van der Waals surface area contributed by atoms with Crippen molar-refractivity contribution in [2.24, 2.45) is 11.1 Å². The molecule has 0 aromatic carbocycles. The third-order valence-electron chi connectivity index (χ3n) is 2.99. The Balaban J connectivity index is 2.55. The molecule has 1 saturated heterocycles. The van der Waals surface area contributed by atoms with Crippen LogP contribution >= 0.6 is 0 Å². The Morgan fingerprint density at radius 2 is 1.81 bits per heavy atom. The van der Waals surface area contributed by atoms with Crippen molar-refractivity contribution in [2.45, 2.75) is 40.0 Å². The summed E-state index contributed by atoms with van der Waals surface area (Å²) in [5.41, 5.74) is 6.72. The topological polar surface area (TPSA) is 41.3 Å². The summed E-state index contributed by atoms with van der Waals surface area (Å²) in [6.45, 7) is 12.7. The molecule has 0 unspecified atom stereocenters. The summed E-state index contributed by atoms with van der Waals surface area (Å²) < 4.78 is 0. The number of likely N-dealkylation sites (tertiary alicyclic amines) is 1. The van der Waals surface area contributed by atoms with E-state index in [2.05, 4.69) is 37.6 Å². The van der Waals surface area contributed by atoms with E-state index < -0.39 is 0 Å². The van der Waals surface area contributed by atoms with E-state index in [-0.39, 0.29) is 5.41 Å². The Hall–Kier alpha value is -1.12. The Kier molecular flexibility index (Phi) is 4.27. The molecule has 0 radical (unpaired) electrons. The van der Waals surface area contributed by atoms with Crippen LogP contribution in [0.5, 0.6) is 0 Å². The molecule has 1 rings (SSSR count). The van der Waals surface area contributed by atoms with Crippen molar-refractivity contribution in [2.75, 3.05) is 13.1 Å². The highest BCUT2D eigenvalue weighted by atomic mass is 15.2. The fraction of sp³-hybridized carbons (Fsp3) is 0.692. The Morgan fingerprint density at radius 1 is 1.25 bits per heavy atom. The summed E-state index contributed by atoms with van der Waals surface area (Å²) in [5.74, 6) is 0.978. The number of nitrogens with zero attached hydrogens (tertiary/aromatic N) is 1. The van der Waals surface area contributed by atoms with Crippen LogP contribution < -0.4 is 11.1 Å². The minimum atomic E-state index is 0.0352. The number of hydrogen-bond donors (Lipinski definition) is 2. The van der Waals surface area contributed by atoms with Crippen molar-refractivity contribution >= 4 is 0 Å². The Labute approximate surface area is 99.4 Å². The van der Waals surface area contributed by atoms with E-state index >= 15 is 0 Å². The molecule has 0 amide bonds. The molecule has 16 heavy (non-hydrogen) atoms. The molecule has 0 saturated carbocycles. The van der Waals surface area contributed by atoms with Crippen LogP contribution in [0.4, 0.5) is 0 Å². The fourth-order valence-electron chi connectivity index (χ4n) is 1.88. The van der Waals surface area contributed by atoms with Gasteiger partial charge in [0.1, 0.15) is 0 Å². The maximum Gasteiger partial charge on any atom is 0.0981 e. The van der Waals surface area contributed by atoms with Gasteiger partial charge in [0.25, 0.3) is 0 Å². The highest BCUT2D eigenvalue weighted by Gasteiger charge is 2.19. The lowest BCUT2D eigenvalue weighted by Crippen LogP contribution is -2.37. The van der Waals surface area contributed by atoms with E-state index in [1.165, 1.54) is 19.3 Å². The normalized spacial score (nSPS) is 18.4. The fourth-order valence-corrected chi connectivity index (χ4v) is 1.88. The molecule has 3 N–H and O–H groups in total. The highest BCUT2D eigenvalue weighted by molar-refractivity contribution is 5.13. The second-order valence-electron chi connectivity index (χ2n) is 5.45. The van der Waals surface area contributed by atoms with Gasteiger partial charge in [-0.15, -0.1) is 0 Å². The van der Waals surface area contributed by atoms with Crippen LogP contribution in [0, 0.1) is 5.41 Å². The van der Waals surface area contributed by atoms with Crippen molar-refractivity contribution in [3.05, 3.63) is 24.3 Å². The first-order valence-electron chi connectivity index (χ1n) is 6.08. The molecule has 1 heterocycles. The number of piperidine rings is 1. The van der Waals surface area contributed by atoms with Gasteiger partial charge in [0, 0.05) is 30.4 Å². The van der Waals surface area contributed by atoms with Crippen molar-refractivity contribution in [1.82, 2.24) is 10.2 Å². The van der Waals surface area contributed by atoms with Crippen LogP contribution in [0.3, 0.4) is 0 Å². The van der Waals surface area contributed by atoms with E-state index in [1.54, 1.807) is 6.20 Å². The van der Waals surface area contributed by atoms with Gasteiger partial charge in [0.2, 0.25) is 0 Å². The van der Waals surface area contributed by atoms with Gasteiger partial charge >= 0.3 is 0 Å². The molecule has 0 aromatic rings. The largest absolute Gasteiger partial charge is 0.403 e. The first-order valence-corrected chi connectivity index (χ1v) is 6.08. The van der Waals surface area contributed by atoms with Gasteiger partial charge in [-0.3, -0.25) is 0 Å². The molecular weight excluding hydrogens is 198 g/mol. The lowest BCUT2D eigenvalue weighted by molar-refractivity contribution is 0.268.